The van der Waals surface area contributed by atoms with E-state index in [1.807, 2.05) is 28.8 Å². The summed E-state index contributed by atoms with van der Waals surface area (Å²) in [4.78, 5) is 8.37. The van der Waals surface area contributed by atoms with E-state index in [1.54, 1.807) is 26.6 Å². The number of nitrogen functional groups attached to an aromatic ring is 1. The van der Waals surface area contributed by atoms with Gasteiger partial charge in [-0.25, -0.2) is 4.98 Å². The lowest BCUT2D eigenvalue weighted by molar-refractivity contribution is 0.390. The minimum Gasteiger partial charge on any atom is -0.497 e. The average molecular weight is 284 g/mol. The van der Waals surface area contributed by atoms with Gasteiger partial charge >= 0.3 is 0 Å². The highest BCUT2D eigenvalue weighted by atomic mass is 16.5. The van der Waals surface area contributed by atoms with Gasteiger partial charge in [0.2, 0.25) is 5.95 Å². The molecule has 6 heteroatoms. The molecule has 0 unspecified atom stereocenters. The summed E-state index contributed by atoms with van der Waals surface area (Å²) in [5.74, 6) is 1.96. The van der Waals surface area contributed by atoms with Crippen molar-refractivity contribution in [1.82, 2.24) is 14.5 Å². The van der Waals surface area contributed by atoms with Crippen molar-refractivity contribution in [2.45, 2.75) is 6.54 Å². The summed E-state index contributed by atoms with van der Waals surface area (Å²) < 4.78 is 12.6. The maximum Gasteiger partial charge on any atom is 0.201 e. The molecule has 0 aliphatic heterocycles. The van der Waals surface area contributed by atoms with Crippen LogP contribution in [0.2, 0.25) is 0 Å². The molecule has 6 nitrogen and oxygen atoms in total. The number of rotatable bonds is 4. The minimum absolute atomic E-state index is 0.455. The van der Waals surface area contributed by atoms with E-state index in [0.29, 0.717) is 12.5 Å². The first-order valence-corrected chi connectivity index (χ1v) is 6.49. The summed E-state index contributed by atoms with van der Waals surface area (Å²) in [7, 11) is 3.26. The third kappa shape index (κ3) is 2.35. The van der Waals surface area contributed by atoms with Crippen LogP contribution in [0.25, 0.3) is 11.0 Å². The second-order valence-corrected chi connectivity index (χ2v) is 4.60. The minimum atomic E-state index is 0.455. The molecule has 0 atom stereocenters. The van der Waals surface area contributed by atoms with Gasteiger partial charge in [-0.15, -0.1) is 0 Å². The number of imidazole rings is 1. The van der Waals surface area contributed by atoms with Crippen LogP contribution in [0.5, 0.6) is 11.5 Å². The smallest absolute Gasteiger partial charge is 0.201 e. The van der Waals surface area contributed by atoms with Gasteiger partial charge in [-0.2, -0.15) is 0 Å². The van der Waals surface area contributed by atoms with Crippen molar-refractivity contribution >= 4 is 17.0 Å². The normalized spacial score (nSPS) is 10.8. The number of pyridine rings is 1. The second kappa shape index (κ2) is 5.32. The highest BCUT2D eigenvalue weighted by Gasteiger charge is 2.11. The number of methoxy groups -OCH3 is 2. The van der Waals surface area contributed by atoms with Gasteiger partial charge in [0.1, 0.15) is 17.0 Å². The zero-order valence-electron chi connectivity index (χ0n) is 11.9. The summed E-state index contributed by atoms with van der Waals surface area (Å²) >= 11 is 0. The Bertz CT molecular complexity index is 782. The van der Waals surface area contributed by atoms with Gasteiger partial charge in [0.05, 0.1) is 32.5 Å². The highest BCUT2D eigenvalue weighted by Crippen LogP contribution is 2.27. The molecule has 2 N–H and O–H groups in total. The molecule has 108 valence electrons. The Morgan fingerprint density at radius 2 is 2.05 bits per heavy atom. The van der Waals surface area contributed by atoms with Gasteiger partial charge in [0, 0.05) is 17.8 Å². The molecule has 2 heterocycles. The van der Waals surface area contributed by atoms with Crippen LogP contribution in [-0.4, -0.2) is 28.8 Å². The number of hydrogen-bond donors (Lipinski definition) is 1. The zero-order valence-corrected chi connectivity index (χ0v) is 11.9. The van der Waals surface area contributed by atoms with Crippen molar-refractivity contribution in [1.29, 1.82) is 0 Å². The van der Waals surface area contributed by atoms with E-state index >= 15 is 0 Å². The fourth-order valence-corrected chi connectivity index (χ4v) is 2.32. The predicted molar refractivity (Wildman–Crippen MR) is 80.6 cm³/mol. The summed E-state index contributed by atoms with van der Waals surface area (Å²) in [5, 5.41) is 0. The SMILES string of the molecule is COc1ccc(Cn2c(N)nc3cnccc32)c(OC)c1. The van der Waals surface area contributed by atoms with Crippen LogP contribution in [0.3, 0.4) is 0 Å². The number of anilines is 1. The number of benzene rings is 1. The Balaban J connectivity index is 2.04. The summed E-state index contributed by atoms with van der Waals surface area (Å²) in [6.45, 7) is 0.569. The fourth-order valence-electron chi connectivity index (χ4n) is 2.32. The van der Waals surface area contributed by atoms with E-state index in [2.05, 4.69) is 9.97 Å². The monoisotopic (exact) mass is 284 g/mol. The standard InChI is InChI=1S/C15H16N4O2/c1-20-11-4-3-10(14(7-11)21-2)9-19-13-5-6-17-8-12(13)18-15(19)16/h3-8H,9H2,1-2H3,(H2,16,18). The third-order valence-electron chi connectivity index (χ3n) is 3.40. The van der Waals surface area contributed by atoms with Gasteiger partial charge in [0.25, 0.3) is 0 Å². The van der Waals surface area contributed by atoms with Crippen molar-refractivity contribution < 1.29 is 9.47 Å². The Morgan fingerprint density at radius 3 is 2.81 bits per heavy atom. The molecule has 0 amide bonds. The van der Waals surface area contributed by atoms with E-state index < -0.39 is 0 Å². The number of aromatic nitrogens is 3. The predicted octanol–water partition coefficient (Wildman–Crippen LogP) is 2.08. The van der Waals surface area contributed by atoms with Gasteiger partial charge in [-0.1, -0.05) is 0 Å². The lowest BCUT2D eigenvalue weighted by Crippen LogP contribution is -2.06. The van der Waals surface area contributed by atoms with Crippen molar-refractivity contribution in [2.75, 3.05) is 20.0 Å². The summed E-state index contributed by atoms with van der Waals surface area (Å²) in [6.07, 6.45) is 3.43. The zero-order chi connectivity index (χ0) is 14.8. The molecule has 0 radical (unpaired) electrons. The van der Waals surface area contributed by atoms with Crippen molar-refractivity contribution in [3.63, 3.8) is 0 Å². The molecule has 0 aliphatic carbocycles. The number of fused-ring (bicyclic) bond motifs is 1. The Hall–Kier alpha value is -2.76. The number of nitrogens with zero attached hydrogens (tertiary/aromatic N) is 3. The van der Waals surface area contributed by atoms with Crippen LogP contribution in [0.4, 0.5) is 5.95 Å². The average Bonchev–Trinajstić information content (AvgIpc) is 2.83. The molecular weight excluding hydrogens is 268 g/mol. The molecule has 2 aromatic heterocycles. The molecule has 0 saturated heterocycles. The molecule has 3 rings (SSSR count). The molecule has 0 spiro atoms. The maximum absolute atomic E-state index is 6.01. The van der Waals surface area contributed by atoms with E-state index in [9.17, 15) is 0 Å². The van der Waals surface area contributed by atoms with Crippen LogP contribution in [0, 0.1) is 0 Å². The number of ether oxygens (including phenoxy) is 2. The fraction of sp³-hybridized carbons (Fsp3) is 0.200. The number of hydrogen-bond acceptors (Lipinski definition) is 5. The quantitative estimate of drug-likeness (QED) is 0.794. The Labute approximate surface area is 122 Å². The lowest BCUT2D eigenvalue weighted by Gasteiger charge is -2.12. The maximum atomic E-state index is 6.01. The van der Waals surface area contributed by atoms with E-state index in [0.717, 1.165) is 28.1 Å². The van der Waals surface area contributed by atoms with Gasteiger partial charge < -0.3 is 19.8 Å². The Morgan fingerprint density at radius 1 is 1.19 bits per heavy atom. The Kier molecular flexibility index (Phi) is 3.35. The van der Waals surface area contributed by atoms with E-state index in [1.165, 1.54) is 0 Å². The van der Waals surface area contributed by atoms with Gasteiger partial charge in [-0.05, 0) is 18.2 Å². The van der Waals surface area contributed by atoms with Crippen molar-refractivity contribution in [3.8, 4) is 11.5 Å². The van der Waals surface area contributed by atoms with Crippen LogP contribution in [-0.2, 0) is 6.54 Å². The van der Waals surface area contributed by atoms with Gasteiger partial charge in [0.15, 0.2) is 0 Å². The lowest BCUT2D eigenvalue weighted by atomic mass is 10.2. The highest BCUT2D eigenvalue weighted by molar-refractivity contribution is 5.77. The molecule has 0 saturated carbocycles. The van der Waals surface area contributed by atoms with Crippen molar-refractivity contribution in [2.24, 2.45) is 0 Å². The van der Waals surface area contributed by atoms with Crippen molar-refractivity contribution in [3.05, 3.63) is 42.2 Å². The molecule has 1 aromatic carbocycles. The topological polar surface area (TPSA) is 75.2 Å². The first-order chi connectivity index (χ1) is 10.2. The summed E-state index contributed by atoms with van der Waals surface area (Å²) in [5.41, 5.74) is 8.73. The molecule has 3 aromatic rings. The summed E-state index contributed by atoms with van der Waals surface area (Å²) in [6, 6.07) is 7.61. The first-order valence-electron chi connectivity index (χ1n) is 6.49. The second-order valence-electron chi connectivity index (χ2n) is 4.60. The molecule has 21 heavy (non-hydrogen) atoms. The number of nitrogens with two attached hydrogens (primary N) is 1. The van der Waals surface area contributed by atoms with Crippen LogP contribution < -0.4 is 15.2 Å². The van der Waals surface area contributed by atoms with E-state index in [4.69, 9.17) is 15.2 Å². The van der Waals surface area contributed by atoms with Crippen LogP contribution in [0.1, 0.15) is 5.56 Å². The first kappa shape index (κ1) is 13.2. The molecule has 0 bridgehead atoms. The molecular formula is C15H16N4O2. The third-order valence-corrected chi connectivity index (χ3v) is 3.40. The molecule has 0 aliphatic rings. The largest absolute Gasteiger partial charge is 0.497 e. The van der Waals surface area contributed by atoms with Crippen LogP contribution >= 0.6 is 0 Å². The van der Waals surface area contributed by atoms with E-state index in [-0.39, 0.29) is 0 Å². The van der Waals surface area contributed by atoms with Gasteiger partial charge in [-0.3, -0.25) is 4.98 Å². The molecule has 0 fully saturated rings. The van der Waals surface area contributed by atoms with Crippen LogP contribution in [0.15, 0.2) is 36.7 Å².